The van der Waals surface area contributed by atoms with Crippen molar-refractivity contribution in [2.75, 3.05) is 14.2 Å². The second-order valence-corrected chi connectivity index (χ2v) is 4.69. The van der Waals surface area contributed by atoms with Crippen molar-refractivity contribution in [3.8, 4) is 11.5 Å². The summed E-state index contributed by atoms with van der Waals surface area (Å²) in [4.78, 5) is 34.9. The highest BCUT2D eigenvalue weighted by atomic mass is 16.5. The molecule has 3 N–H and O–H groups in total. The first-order chi connectivity index (χ1) is 10.9. The predicted molar refractivity (Wildman–Crippen MR) is 78.9 cm³/mol. The third kappa shape index (κ3) is 5.17. The first-order valence-electron chi connectivity index (χ1n) is 6.87. The van der Waals surface area contributed by atoms with Gasteiger partial charge < -0.3 is 25.0 Å². The van der Waals surface area contributed by atoms with Crippen LogP contribution in [0.1, 0.15) is 29.6 Å². The van der Waals surface area contributed by atoms with Crippen molar-refractivity contribution < 1.29 is 34.1 Å². The normalized spacial score (nSPS) is 11.4. The van der Waals surface area contributed by atoms with E-state index in [0.29, 0.717) is 6.42 Å². The molecule has 8 heteroatoms. The third-order valence-corrected chi connectivity index (χ3v) is 3.15. The molecule has 0 aromatic heterocycles. The van der Waals surface area contributed by atoms with Gasteiger partial charge in [-0.1, -0.05) is 6.07 Å². The first kappa shape index (κ1) is 18.3. The average Bonchev–Trinajstić information content (AvgIpc) is 2.55. The quantitative estimate of drug-likeness (QED) is 0.498. The summed E-state index contributed by atoms with van der Waals surface area (Å²) >= 11 is 0. The number of benzene rings is 1. The lowest BCUT2D eigenvalue weighted by molar-refractivity contribution is -0.144. The van der Waals surface area contributed by atoms with Gasteiger partial charge in [0.2, 0.25) is 0 Å². The van der Waals surface area contributed by atoms with Crippen LogP contribution in [0.3, 0.4) is 0 Å². The van der Waals surface area contributed by atoms with E-state index >= 15 is 0 Å². The molecule has 0 fully saturated rings. The van der Waals surface area contributed by atoms with Crippen LogP contribution in [0, 0.1) is 0 Å². The van der Waals surface area contributed by atoms with E-state index in [4.69, 9.17) is 0 Å². The molecule has 0 heterocycles. The molecule has 1 rings (SSSR count). The molecule has 0 unspecified atom stereocenters. The Hall–Kier alpha value is -2.77. The summed E-state index contributed by atoms with van der Waals surface area (Å²) in [5.74, 6) is -2.87. The minimum atomic E-state index is -0.987. The standard InChI is InChI=1S/C15H19NO7/c1-22-12(18)8-4-6-10(15(21)23-2)16-14(20)9-5-3-7-11(17)13(9)19/h3,5,7,10,17,19H,4,6,8H2,1-2H3,(H,16,20)/t10-/m0/s1. The predicted octanol–water partition coefficient (Wildman–Crippen LogP) is 0.712. The van der Waals surface area contributed by atoms with Gasteiger partial charge in [-0.2, -0.15) is 0 Å². The van der Waals surface area contributed by atoms with Crippen LogP contribution in [-0.2, 0) is 19.1 Å². The van der Waals surface area contributed by atoms with Crippen LogP contribution in [0.4, 0.5) is 0 Å². The number of phenolic OH excluding ortho intramolecular Hbond substituents is 2. The Balaban J connectivity index is 2.76. The number of hydrogen-bond donors (Lipinski definition) is 3. The van der Waals surface area contributed by atoms with Crippen molar-refractivity contribution in [3.05, 3.63) is 23.8 Å². The molecular formula is C15H19NO7. The van der Waals surface area contributed by atoms with Crippen molar-refractivity contribution in [2.45, 2.75) is 25.3 Å². The van der Waals surface area contributed by atoms with Crippen molar-refractivity contribution in [2.24, 2.45) is 0 Å². The molecule has 0 spiro atoms. The van der Waals surface area contributed by atoms with Gasteiger partial charge in [-0.15, -0.1) is 0 Å². The number of carbonyl (C=O) groups is 3. The van der Waals surface area contributed by atoms with E-state index < -0.39 is 35.4 Å². The lowest BCUT2D eigenvalue weighted by Gasteiger charge is -2.16. The summed E-state index contributed by atoms with van der Waals surface area (Å²) in [6.45, 7) is 0. The van der Waals surface area contributed by atoms with Crippen molar-refractivity contribution in [1.29, 1.82) is 0 Å². The zero-order chi connectivity index (χ0) is 17.4. The van der Waals surface area contributed by atoms with Crippen molar-refractivity contribution in [1.82, 2.24) is 5.32 Å². The molecule has 0 radical (unpaired) electrons. The summed E-state index contributed by atoms with van der Waals surface area (Å²) in [5.41, 5.74) is -0.174. The Labute approximate surface area is 133 Å². The first-order valence-corrected chi connectivity index (χ1v) is 6.87. The summed E-state index contributed by atoms with van der Waals surface area (Å²) < 4.78 is 9.10. The van der Waals surface area contributed by atoms with E-state index in [9.17, 15) is 24.6 Å². The van der Waals surface area contributed by atoms with E-state index in [1.54, 1.807) is 0 Å². The van der Waals surface area contributed by atoms with Gasteiger partial charge in [-0.05, 0) is 25.0 Å². The van der Waals surface area contributed by atoms with Gasteiger partial charge in [0.05, 0.1) is 19.8 Å². The number of aromatic hydroxyl groups is 2. The maximum Gasteiger partial charge on any atom is 0.328 e. The summed E-state index contributed by atoms with van der Waals surface area (Å²) in [6, 6.07) is 2.92. The number of methoxy groups -OCH3 is 2. The molecule has 1 amide bonds. The molecule has 8 nitrogen and oxygen atoms in total. The van der Waals surface area contributed by atoms with Crippen LogP contribution < -0.4 is 5.32 Å². The molecule has 23 heavy (non-hydrogen) atoms. The van der Waals surface area contributed by atoms with Gasteiger partial charge in [-0.3, -0.25) is 9.59 Å². The minimum Gasteiger partial charge on any atom is -0.504 e. The molecule has 0 saturated heterocycles. The molecule has 0 aliphatic rings. The van der Waals surface area contributed by atoms with Gasteiger partial charge in [0.1, 0.15) is 6.04 Å². The van der Waals surface area contributed by atoms with E-state index in [0.717, 1.165) is 0 Å². The number of hydrogen-bond acceptors (Lipinski definition) is 7. The summed E-state index contributed by atoms with van der Waals surface area (Å²) in [7, 11) is 2.43. The Kier molecular flexibility index (Phi) is 6.85. The summed E-state index contributed by atoms with van der Waals surface area (Å²) in [6.07, 6.45) is 0.559. The topological polar surface area (TPSA) is 122 Å². The fourth-order valence-electron chi connectivity index (χ4n) is 1.89. The second kappa shape index (κ2) is 8.62. The van der Waals surface area contributed by atoms with Crippen LogP contribution in [0.15, 0.2) is 18.2 Å². The maximum absolute atomic E-state index is 12.1. The van der Waals surface area contributed by atoms with E-state index in [1.807, 2.05) is 0 Å². The Morgan fingerprint density at radius 1 is 1.17 bits per heavy atom. The molecule has 1 aromatic carbocycles. The number of esters is 2. The van der Waals surface area contributed by atoms with Gasteiger partial charge in [0.25, 0.3) is 5.91 Å². The number of amides is 1. The van der Waals surface area contributed by atoms with Crippen molar-refractivity contribution >= 4 is 17.8 Å². The average molecular weight is 325 g/mol. The largest absolute Gasteiger partial charge is 0.504 e. The number of ether oxygens (including phenoxy) is 2. The van der Waals surface area contributed by atoms with Crippen LogP contribution in [0.25, 0.3) is 0 Å². The highest BCUT2D eigenvalue weighted by Crippen LogP contribution is 2.28. The molecular weight excluding hydrogens is 306 g/mol. The van der Waals surface area contributed by atoms with E-state index in [1.165, 1.54) is 32.4 Å². The molecule has 0 aliphatic carbocycles. The lowest BCUT2D eigenvalue weighted by Crippen LogP contribution is -2.41. The van der Waals surface area contributed by atoms with Crippen molar-refractivity contribution in [3.63, 3.8) is 0 Å². The molecule has 1 aromatic rings. The fourth-order valence-corrected chi connectivity index (χ4v) is 1.89. The Bertz CT molecular complexity index is 585. The smallest absolute Gasteiger partial charge is 0.328 e. The van der Waals surface area contributed by atoms with E-state index in [2.05, 4.69) is 14.8 Å². The number of para-hydroxylation sites is 1. The van der Waals surface area contributed by atoms with Crippen LogP contribution >= 0.6 is 0 Å². The Morgan fingerprint density at radius 2 is 1.87 bits per heavy atom. The van der Waals surface area contributed by atoms with Gasteiger partial charge in [-0.25, -0.2) is 4.79 Å². The highest BCUT2D eigenvalue weighted by Gasteiger charge is 2.24. The fraction of sp³-hybridized carbons (Fsp3) is 0.400. The Morgan fingerprint density at radius 3 is 2.48 bits per heavy atom. The van der Waals surface area contributed by atoms with Crippen LogP contribution in [0.5, 0.6) is 11.5 Å². The molecule has 0 aliphatic heterocycles. The highest BCUT2D eigenvalue weighted by molar-refractivity contribution is 5.99. The lowest BCUT2D eigenvalue weighted by atomic mass is 10.1. The zero-order valence-electron chi connectivity index (χ0n) is 12.9. The number of nitrogens with one attached hydrogen (secondary N) is 1. The summed E-state index contributed by atoms with van der Waals surface area (Å²) in [5, 5.41) is 21.5. The maximum atomic E-state index is 12.1. The molecule has 0 saturated carbocycles. The molecule has 1 atom stereocenters. The van der Waals surface area contributed by atoms with Gasteiger partial charge >= 0.3 is 11.9 Å². The monoisotopic (exact) mass is 325 g/mol. The number of carbonyl (C=O) groups excluding carboxylic acids is 3. The second-order valence-electron chi connectivity index (χ2n) is 4.69. The molecule has 126 valence electrons. The zero-order valence-corrected chi connectivity index (χ0v) is 12.9. The number of rotatable bonds is 7. The SMILES string of the molecule is COC(=O)CCC[C@H](NC(=O)c1cccc(O)c1O)C(=O)OC. The number of phenols is 2. The van der Waals surface area contributed by atoms with Crippen LogP contribution in [-0.4, -0.2) is 48.3 Å². The third-order valence-electron chi connectivity index (χ3n) is 3.15. The van der Waals surface area contributed by atoms with E-state index in [-0.39, 0.29) is 18.4 Å². The molecule has 0 bridgehead atoms. The van der Waals surface area contributed by atoms with Gasteiger partial charge in [0, 0.05) is 6.42 Å². The minimum absolute atomic E-state index is 0.0945. The van der Waals surface area contributed by atoms with Gasteiger partial charge in [0.15, 0.2) is 11.5 Å². The van der Waals surface area contributed by atoms with Crippen LogP contribution in [0.2, 0.25) is 0 Å².